The lowest BCUT2D eigenvalue weighted by Gasteiger charge is -2.06. The highest BCUT2D eigenvalue weighted by Gasteiger charge is 2.05. The van der Waals surface area contributed by atoms with Crippen LogP contribution >= 0.6 is 0 Å². The van der Waals surface area contributed by atoms with Gasteiger partial charge in [0.25, 0.3) is 0 Å². The second kappa shape index (κ2) is 9.08. The number of aryl methyl sites for hydroxylation is 1. The van der Waals surface area contributed by atoms with Crippen LogP contribution in [0.2, 0.25) is 0 Å². The molecule has 0 amide bonds. The summed E-state index contributed by atoms with van der Waals surface area (Å²) in [6.45, 7) is 5.00. The van der Waals surface area contributed by atoms with Gasteiger partial charge in [-0.05, 0) is 84.3 Å². The van der Waals surface area contributed by atoms with Gasteiger partial charge in [0.1, 0.15) is 5.82 Å². The van der Waals surface area contributed by atoms with Crippen LogP contribution in [0.3, 0.4) is 0 Å². The Bertz CT molecular complexity index is 1190. The molecule has 4 rings (SSSR count). The van der Waals surface area contributed by atoms with E-state index >= 15 is 0 Å². The highest BCUT2D eigenvalue weighted by Crippen LogP contribution is 2.21. The summed E-state index contributed by atoms with van der Waals surface area (Å²) in [7, 11) is 0. The van der Waals surface area contributed by atoms with E-state index in [1.807, 2.05) is 6.07 Å². The van der Waals surface area contributed by atoms with E-state index in [2.05, 4.69) is 67.5 Å². The third kappa shape index (κ3) is 4.68. The van der Waals surface area contributed by atoms with Gasteiger partial charge in [0, 0.05) is 29.4 Å². The number of aromatic amines is 1. The van der Waals surface area contributed by atoms with Gasteiger partial charge in [-0.2, -0.15) is 0 Å². The number of hydrogen-bond donors (Lipinski definition) is 1. The minimum Gasteiger partial charge on any atom is -0.361 e. The average molecular weight is 399 g/mol. The van der Waals surface area contributed by atoms with Crippen LogP contribution in [0.25, 0.3) is 10.9 Å². The number of aromatic nitrogens is 1. The van der Waals surface area contributed by atoms with Crippen molar-refractivity contribution in [1.82, 2.24) is 4.98 Å². The Morgan fingerprint density at radius 2 is 1.73 bits per heavy atom. The van der Waals surface area contributed by atoms with E-state index in [0.29, 0.717) is 6.42 Å². The SMILES string of the molecule is CCc1ccc2[nH]cc(CCN=C(C)c3cccc(Cc4cccc(F)c4)c3)c2c1. The number of rotatable bonds is 7. The van der Waals surface area contributed by atoms with E-state index in [0.717, 1.165) is 41.8 Å². The minimum atomic E-state index is -0.190. The summed E-state index contributed by atoms with van der Waals surface area (Å²) >= 11 is 0. The van der Waals surface area contributed by atoms with Crippen molar-refractivity contribution in [1.29, 1.82) is 0 Å². The maximum Gasteiger partial charge on any atom is 0.123 e. The van der Waals surface area contributed by atoms with Gasteiger partial charge < -0.3 is 4.98 Å². The van der Waals surface area contributed by atoms with Crippen molar-refractivity contribution in [3.63, 3.8) is 0 Å². The molecule has 4 aromatic rings. The van der Waals surface area contributed by atoms with Gasteiger partial charge in [-0.15, -0.1) is 0 Å². The number of nitrogens with zero attached hydrogens (tertiary/aromatic N) is 1. The Morgan fingerprint density at radius 1 is 0.933 bits per heavy atom. The molecule has 0 fully saturated rings. The molecule has 0 bridgehead atoms. The molecule has 0 aliphatic carbocycles. The van der Waals surface area contributed by atoms with Crippen molar-refractivity contribution in [2.24, 2.45) is 4.99 Å². The predicted octanol–water partition coefficient (Wildman–Crippen LogP) is 6.51. The lowest BCUT2D eigenvalue weighted by molar-refractivity contribution is 0.626. The Morgan fingerprint density at radius 3 is 2.53 bits per heavy atom. The molecule has 0 radical (unpaired) electrons. The summed E-state index contributed by atoms with van der Waals surface area (Å²) in [5.74, 6) is -0.190. The van der Waals surface area contributed by atoms with Gasteiger partial charge in [-0.3, -0.25) is 4.99 Å². The van der Waals surface area contributed by atoms with Gasteiger partial charge in [0.2, 0.25) is 0 Å². The van der Waals surface area contributed by atoms with E-state index in [4.69, 9.17) is 4.99 Å². The molecule has 152 valence electrons. The second-order valence-corrected chi connectivity index (χ2v) is 7.77. The van der Waals surface area contributed by atoms with Crippen LogP contribution in [0.15, 0.2) is 77.9 Å². The van der Waals surface area contributed by atoms with Crippen LogP contribution in [0.1, 0.15) is 41.7 Å². The maximum atomic E-state index is 13.5. The van der Waals surface area contributed by atoms with Crippen molar-refractivity contribution in [2.75, 3.05) is 6.54 Å². The third-order valence-corrected chi connectivity index (χ3v) is 5.61. The number of nitrogens with one attached hydrogen (secondary N) is 1. The van der Waals surface area contributed by atoms with Gasteiger partial charge in [0.05, 0.1) is 0 Å². The molecule has 2 nitrogen and oxygen atoms in total. The number of halogens is 1. The molecule has 30 heavy (non-hydrogen) atoms. The maximum absolute atomic E-state index is 13.5. The van der Waals surface area contributed by atoms with Crippen LogP contribution < -0.4 is 0 Å². The summed E-state index contributed by atoms with van der Waals surface area (Å²) in [6.07, 6.45) is 4.78. The molecule has 3 aromatic carbocycles. The monoisotopic (exact) mass is 398 g/mol. The summed E-state index contributed by atoms with van der Waals surface area (Å²) < 4.78 is 13.5. The Labute approximate surface area is 177 Å². The Hall–Kier alpha value is -3.20. The van der Waals surface area contributed by atoms with E-state index in [9.17, 15) is 4.39 Å². The first-order chi connectivity index (χ1) is 14.6. The standard InChI is InChI=1S/C27H27FN2/c1-3-20-10-11-27-26(17-20)24(18-30-27)12-13-29-19(2)23-8-4-6-21(15-23)14-22-7-5-9-25(28)16-22/h4-11,15-18,30H,3,12-14H2,1-2H3. The van der Waals surface area contributed by atoms with Crippen LogP contribution in [-0.2, 0) is 19.3 Å². The molecular formula is C27H27FN2. The summed E-state index contributed by atoms with van der Waals surface area (Å²) in [5.41, 5.74) is 8.16. The Balaban J connectivity index is 1.45. The largest absolute Gasteiger partial charge is 0.361 e. The highest BCUT2D eigenvalue weighted by atomic mass is 19.1. The zero-order chi connectivity index (χ0) is 20.9. The molecule has 1 aromatic heterocycles. The zero-order valence-electron chi connectivity index (χ0n) is 17.6. The van der Waals surface area contributed by atoms with E-state index in [1.54, 1.807) is 12.1 Å². The smallest absolute Gasteiger partial charge is 0.123 e. The summed E-state index contributed by atoms with van der Waals surface area (Å²) in [4.78, 5) is 8.19. The third-order valence-electron chi connectivity index (χ3n) is 5.61. The lowest BCUT2D eigenvalue weighted by Crippen LogP contribution is -2.00. The molecule has 0 saturated carbocycles. The van der Waals surface area contributed by atoms with Crippen molar-refractivity contribution in [3.8, 4) is 0 Å². The molecule has 0 aliphatic rings. The van der Waals surface area contributed by atoms with Crippen LogP contribution in [0.5, 0.6) is 0 Å². The van der Waals surface area contributed by atoms with Crippen LogP contribution in [-0.4, -0.2) is 17.2 Å². The number of aliphatic imine (C=N–C) groups is 1. The average Bonchev–Trinajstić information content (AvgIpc) is 3.16. The highest BCUT2D eigenvalue weighted by molar-refractivity contribution is 5.98. The molecular weight excluding hydrogens is 371 g/mol. The van der Waals surface area contributed by atoms with E-state index < -0.39 is 0 Å². The van der Waals surface area contributed by atoms with Gasteiger partial charge in [-0.1, -0.05) is 43.3 Å². The molecule has 0 aliphatic heterocycles. The molecule has 0 unspecified atom stereocenters. The zero-order valence-corrected chi connectivity index (χ0v) is 17.6. The number of benzene rings is 3. The van der Waals surface area contributed by atoms with Crippen molar-refractivity contribution >= 4 is 16.6 Å². The number of hydrogen-bond acceptors (Lipinski definition) is 1. The molecule has 1 N–H and O–H groups in total. The number of H-pyrrole nitrogens is 1. The summed E-state index contributed by atoms with van der Waals surface area (Å²) in [5, 5.41) is 1.30. The van der Waals surface area contributed by atoms with Crippen LogP contribution in [0.4, 0.5) is 4.39 Å². The van der Waals surface area contributed by atoms with E-state index in [1.165, 1.54) is 28.1 Å². The fraction of sp³-hybridized carbons (Fsp3) is 0.222. The summed E-state index contributed by atoms with van der Waals surface area (Å²) in [6, 6.07) is 21.8. The number of fused-ring (bicyclic) bond motifs is 1. The fourth-order valence-electron chi connectivity index (χ4n) is 3.88. The fourth-order valence-corrected chi connectivity index (χ4v) is 3.88. The topological polar surface area (TPSA) is 28.1 Å². The van der Waals surface area contributed by atoms with Crippen molar-refractivity contribution in [2.45, 2.75) is 33.1 Å². The molecule has 0 atom stereocenters. The minimum absolute atomic E-state index is 0.190. The van der Waals surface area contributed by atoms with Gasteiger partial charge in [-0.25, -0.2) is 4.39 Å². The predicted molar refractivity (Wildman–Crippen MR) is 124 cm³/mol. The normalized spacial score (nSPS) is 11.9. The lowest BCUT2D eigenvalue weighted by atomic mass is 10.0. The van der Waals surface area contributed by atoms with Gasteiger partial charge in [0.15, 0.2) is 0 Å². The molecule has 1 heterocycles. The first-order valence-corrected chi connectivity index (χ1v) is 10.6. The van der Waals surface area contributed by atoms with E-state index in [-0.39, 0.29) is 5.82 Å². The van der Waals surface area contributed by atoms with Gasteiger partial charge >= 0.3 is 0 Å². The second-order valence-electron chi connectivity index (χ2n) is 7.77. The molecule has 0 spiro atoms. The first kappa shape index (κ1) is 20.1. The quantitative estimate of drug-likeness (QED) is 0.344. The molecule has 3 heteroatoms. The Kier molecular flexibility index (Phi) is 6.08. The first-order valence-electron chi connectivity index (χ1n) is 10.6. The van der Waals surface area contributed by atoms with Crippen molar-refractivity contribution in [3.05, 3.63) is 107 Å². The van der Waals surface area contributed by atoms with Crippen molar-refractivity contribution < 1.29 is 4.39 Å². The van der Waals surface area contributed by atoms with Crippen LogP contribution in [0, 0.1) is 5.82 Å². The molecule has 0 saturated heterocycles.